The second-order valence-corrected chi connectivity index (χ2v) is 3.36. The predicted octanol–water partition coefficient (Wildman–Crippen LogP) is 1.99. The van der Waals surface area contributed by atoms with Crippen molar-refractivity contribution >= 4 is 11.6 Å². The Morgan fingerprint density at radius 3 is 2.56 bits per heavy atom. The SMILES string of the molecule is CC(N)C(=O)Nc1cccc(C(F)(F)F)c1. The summed E-state index contributed by atoms with van der Waals surface area (Å²) in [5.74, 6) is -0.528. The second kappa shape index (κ2) is 4.52. The van der Waals surface area contributed by atoms with Crippen LogP contribution in [-0.4, -0.2) is 11.9 Å². The summed E-state index contributed by atoms with van der Waals surface area (Å²) in [6.45, 7) is 1.45. The molecule has 0 radical (unpaired) electrons. The van der Waals surface area contributed by atoms with Crippen molar-refractivity contribution in [2.45, 2.75) is 19.1 Å². The van der Waals surface area contributed by atoms with Gasteiger partial charge in [-0.05, 0) is 25.1 Å². The van der Waals surface area contributed by atoms with Crippen LogP contribution in [0.4, 0.5) is 18.9 Å². The van der Waals surface area contributed by atoms with Gasteiger partial charge in [-0.2, -0.15) is 13.2 Å². The summed E-state index contributed by atoms with van der Waals surface area (Å²) in [7, 11) is 0. The average molecular weight is 232 g/mol. The number of amides is 1. The number of hydrogen-bond acceptors (Lipinski definition) is 2. The van der Waals surface area contributed by atoms with Gasteiger partial charge in [0.2, 0.25) is 5.91 Å². The van der Waals surface area contributed by atoms with Gasteiger partial charge in [-0.15, -0.1) is 0 Å². The summed E-state index contributed by atoms with van der Waals surface area (Å²) in [6.07, 6.45) is -4.42. The Balaban J connectivity index is 2.88. The van der Waals surface area contributed by atoms with Crippen LogP contribution >= 0.6 is 0 Å². The molecule has 0 fully saturated rings. The van der Waals surface area contributed by atoms with Crippen LogP contribution in [-0.2, 0) is 11.0 Å². The van der Waals surface area contributed by atoms with Crippen LogP contribution in [0.25, 0.3) is 0 Å². The van der Waals surface area contributed by atoms with Gasteiger partial charge >= 0.3 is 6.18 Å². The Bertz CT molecular complexity index is 388. The minimum Gasteiger partial charge on any atom is -0.325 e. The summed E-state index contributed by atoms with van der Waals surface area (Å²) < 4.78 is 37.0. The molecule has 0 aromatic heterocycles. The third-order valence-electron chi connectivity index (χ3n) is 1.87. The van der Waals surface area contributed by atoms with E-state index < -0.39 is 23.7 Å². The van der Waals surface area contributed by atoms with Crippen molar-refractivity contribution in [3.8, 4) is 0 Å². The van der Waals surface area contributed by atoms with Gasteiger partial charge in [0, 0.05) is 5.69 Å². The number of alkyl halides is 3. The van der Waals surface area contributed by atoms with E-state index in [2.05, 4.69) is 5.32 Å². The van der Waals surface area contributed by atoms with Crippen molar-refractivity contribution in [1.82, 2.24) is 0 Å². The number of hydrogen-bond donors (Lipinski definition) is 2. The van der Waals surface area contributed by atoms with Gasteiger partial charge < -0.3 is 11.1 Å². The fourth-order valence-electron chi connectivity index (χ4n) is 1.03. The first-order valence-corrected chi connectivity index (χ1v) is 4.54. The first-order valence-electron chi connectivity index (χ1n) is 4.54. The molecule has 0 spiro atoms. The molecule has 6 heteroatoms. The molecule has 1 atom stereocenters. The zero-order valence-electron chi connectivity index (χ0n) is 8.51. The van der Waals surface area contributed by atoms with Crippen molar-refractivity contribution in [2.75, 3.05) is 5.32 Å². The molecule has 88 valence electrons. The number of halogens is 3. The molecule has 16 heavy (non-hydrogen) atoms. The number of nitrogens with one attached hydrogen (secondary N) is 1. The highest BCUT2D eigenvalue weighted by atomic mass is 19.4. The molecule has 0 saturated carbocycles. The van der Waals surface area contributed by atoms with Crippen molar-refractivity contribution in [2.24, 2.45) is 5.73 Å². The van der Waals surface area contributed by atoms with E-state index in [-0.39, 0.29) is 5.69 Å². The Labute approximate surface area is 90.4 Å². The molecule has 3 N–H and O–H groups in total. The van der Waals surface area contributed by atoms with Gasteiger partial charge in [-0.1, -0.05) is 6.07 Å². The number of rotatable bonds is 2. The number of anilines is 1. The van der Waals surface area contributed by atoms with E-state index in [1.165, 1.54) is 19.1 Å². The molecule has 0 heterocycles. The molecule has 1 rings (SSSR count). The monoisotopic (exact) mass is 232 g/mol. The first kappa shape index (κ1) is 12.5. The molecule has 3 nitrogen and oxygen atoms in total. The second-order valence-electron chi connectivity index (χ2n) is 3.36. The molecule has 0 aliphatic heterocycles. The van der Waals surface area contributed by atoms with E-state index in [1.54, 1.807) is 0 Å². The summed E-state index contributed by atoms with van der Waals surface area (Å²) >= 11 is 0. The molecule has 1 amide bonds. The van der Waals surface area contributed by atoms with E-state index in [0.717, 1.165) is 12.1 Å². The maximum Gasteiger partial charge on any atom is 0.416 e. The van der Waals surface area contributed by atoms with Gasteiger partial charge in [0.15, 0.2) is 0 Å². The molecular formula is C10H11F3N2O. The lowest BCUT2D eigenvalue weighted by Crippen LogP contribution is -2.32. The van der Waals surface area contributed by atoms with Crippen molar-refractivity contribution in [3.05, 3.63) is 29.8 Å². The number of carbonyl (C=O) groups is 1. The third-order valence-corrected chi connectivity index (χ3v) is 1.87. The van der Waals surface area contributed by atoms with Crippen LogP contribution in [0.5, 0.6) is 0 Å². The lowest BCUT2D eigenvalue weighted by Gasteiger charge is -2.10. The predicted molar refractivity (Wildman–Crippen MR) is 53.7 cm³/mol. The summed E-state index contributed by atoms with van der Waals surface area (Å²) in [5.41, 5.74) is 4.54. The Kier molecular flexibility index (Phi) is 3.54. The maximum absolute atomic E-state index is 12.3. The molecule has 0 bridgehead atoms. The maximum atomic E-state index is 12.3. The molecule has 1 aromatic carbocycles. The van der Waals surface area contributed by atoms with E-state index in [1.807, 2.05) is 0 Å². The largest absolute Gasteiger partial charge is 0.416 e. The van der Waals surface area contributed by atoms with Crippen molar-refractivity contribution < 1.29 is 18.0 Å². The highest BCUT2D eigenvalue weighted by molar-refractivity contribution is 5.94. The number of nitrogens with two attached hydrogens (primary N) is 1. The molecule has 1 aromatic rings. The van der Waals surface area contributed by atoms with E-state index >= 15 is 0 Å². The lowest BCUT2D eigenvalue weighted by molar-refractivity contribution is -0.137. The third kappa shape index (κ3) is 3.23. The van der Waals surface area contributed by atoms with Crippen molar-refractivity contribution in [1.29, 1.82) is 0 Å². The minimum absolute atomic E-state index is 0.0807. The van der Waals surface area contributed by atoms with Gasteiger partial charge in [0.1, 0.15) is 0 Å². The van der Waals surface area contributed by atoms with Crippen LogP contribution < -0.4 is 11.1 Å². The Morgan fingerprint density at radius 1 is 1.44 bits per heavy atom. The number of carbonyl (C=O) groups excluding carboxylic acids is 1. The summed E-state index contributed by atoms with van der Waals surface area (Å²) in [5, 5.41) is 2.29. The molecule has 0 aliphatic rings. The zero-order valence-corrected chi connectivity index (χ0v) is 8.51. The van der Waals surface area contributed by atoms with Gasteiger partial charge in [-0.3, -0.25) is 4.79 Å². The van der Waals surface area contributed by atoms with Gasteiger partial charge in [0.25, 0.3) is 0 Å². The Hall–Kier alpha value is -1.56. The lowest BCUT2D eigenvalue weighted by atomic mass is 10.2. The zero-order chi connectivity index (χ0) is 12.3. The minimum atomic E-state index is -4.42. The quantitative estimate of drug-likeness (QED) is 0.819. The van der Waals surface area contributed by atoms with Gasteiger partial charge in [-0.25, -0.2) is 0 Å². The van der Waals surface area contributed by atoms with E-state index in [4.69, 9.17) is 5.73 Å². The van der Waals surface area contributed by atoms with Crippen molar-refractivity contribution in [3.63, 3.8) is 0 Å². The highest BCUT2D eigenvalue weighted by Crippen LogP contribution is 2.30. The summed E-state index contributed by atoms with van der Waals surface area (Å²) in [4.78, 5) is 11.2. The van der Waals surface area contributed by atoms with Crippen LogP contribution in [0.2, 0.25) is 0 Å². The fourth-order valence-corrected chi connectivity index (χ4v) is 1.03. The Morgan fingerprint density at radius 2 is 2.06 bits per heavy atom. The highest BCUT2D eigenvalue weighted by Gasteiger charge is 2.30. The van der Waals surface area contributed by atoms with Crippen LogP contribution in [0.15, 0.2) is 24.3 Å². The normalized spacial score (nSPS) is 13.3. The fraction of sp³-hybridized carbons (Fsp3) is 0.300. The first-order chi connectivity index (χ1) is 7.30. The molecule has 0 aliphatic carbocycles. The van der Waals surface area contributed by atoms with Crippen LogP contribution in [0.1, 0.15) is 12.5 Å². The molecular weight excluding hydrogens is 221 g/mol. The van der Waals surface area contributed by atoms with E-state index in [0.29, 0.717) is 0 Å². The summed E-state index contributed by atoms with van der Waals surface area (Å²) in [6, 6.07) is 3.62. The smallest absolute Gasteiger partial charge is 0.325 e. The van der Waals surface area contributed by atoms with Gasteiger partial charge in [0.05, 0.1) is 11.6 Å². The van der Waals surface area contributed by atoms with Crippen LogP contribution in [0.3, 0.4) is 0 Å². The van der Waals surface area contributed by atoms with E-state index in [9.17, 15) is 18.0 Å². The average Bonchev–Trinajstić information content (AvgIpc) is 2.16. The standard InChI is InChI=1S/C10H11F3N2O/c1-6(14)9(16)15-8-4-2-3-7(5-8)10(11,12)13/h2-6H,14H2,1H3,(H,15,16). The van der Waals surface area contributed by atoms with Crippen LogP contribution in [0, 0.1) is 0 Å². The number of benzene rings is 1. The molecule has 1 unspecified atom stereocenters. The molecule has 0 saturated heterocycles. The topological polar surface area (TPSA) is 55.1 Å².